The topological polar surface area (TPSA) is 61.5 Å². The summed E-state index contributed by atoms with van der Waals surface area (Å²) in [6.07, 6.45) is 1.64. The summed E-state index contributed by atoms with van der Waals surface area (Å²) in [7, 11) is 0. The van der Waals surface area contributed by atoms with E-state index in [9.17, 15) is 4.79 Å². The van der Waals surface area contributed by atoms with Crippen molar-refractivity contribution in [3.63, 3.8) is 0 Å². The van der Waals surface area contributed by atoms with Gasteiger partial charge in [-0.15, -0.1) is 0 Å². The number of unbranched alkanes of at least 4 members (excludes halogenated alkanes) is 1. The summed E-state index contributed by atoms with van der Waals surface area (Å²) in [4.78, 5) is 12.6. The molecule has 114 valence electrons. The predicted molar refractivity (Wildman–Crippen MR) is 84.0 cm³/mol. The van der Waals surface area contributed by atoms with Gasteiger partial charge in [-0.05, 0) is 31.5 Å². The highest BCUT2D eigenvalue weighted by Crippen LogP contribution is 2.44. The maximum Gasteiger partial charge on any atom is 0.318 e. The van der Waals surface area contributed by atoms with Crippen LogP contribution in [0.25, 0.3) is 0 Å². The van der Waals surface area contributed by atoms with Crippen molar-refractivity contribution in [1.29, 1.82) is 0 Å². The molecule has 0 unspecified atom stereocenters. The van der Waals surface area contributed by atoms with E-state index < -0.39 is 5.92 Å². The first-order valence-corrected chi connectivity index (χ1v) is 7.53. The summed E-state index contributed by atoms with van der Waals surface area (Å²) in [6.45, 7) is 1.01. The molecule has 3 rings (SSSR count). The van der Waals surface area contributed by atoms with Crippen LogP contribution in [0.2, 0.25) is 0 Å². The number of hydrogen-bond donors (Lipinski definition) is 1. The van der Waals surface area contributed by atoms with Crippen LogP contribution in [-0.4, -0.2) is 19.1 Å². The average molecular weight is 297 g/mol. The van der Waals surface area contributed by atoms with Crippen LogP contribution in [-0.2, 0) is 9.53 Å². The van der Waals surface area contributed by atoms with E-state index in [0.29, 0.717) is 24.7 Å². The van der Waals surface area contributed by atoms with Gasteiger partial charge >= 0.3 is 5.97 Å². The highest BCUT2D eigenvalue weighted by molar-refractivity contribution is 5.85. The molecule has 0 amide bonds. The molecular formula is C18H19NO3. The SMILES string of the molecule is NCCCCOC(=O)C1c2ccccc2Oc2ccccc21. The van der Waals surface area contributed by atoms with Gasteiger partial charge < -0.3 is 15.2 Å². The van der Waals surface area contributed by atoms with Gasteiger partial charge in [-0.3, -0.25) is 4.79 Å². The number of hydrogen-bond acceptors (Lipinski definition) is 4. The van der Waals surface area contributed by atoms with Gasteiger partial charge in [0.15, 0.2) is 0 Å². The molecule has 4 heteroatoms. The molecular weight excluding hydrogens is 278 g/mol. The Balaban J connectivity index is 1.88. The fourth-order valence-electron chi connectivity index (χ4n) is 2.67. The maximum absolute atomic E-state index is 12.6. The third-order valence-corrected chi connectivity index (χ3v) is 3.76. The monoisotopic (exact) mass is 297 g/mol. The van der Waals surface area contributed by atoms with Gasteiger partial charge in [-0.1, -0.05) is 36.4 Å². The van der Waals surface area contributed by atoms with Gasteiger partial charge in [0.1, 0.15) is 17.4 Å². The van der Waals surface area contributed by atoms with Crippen molar-refractivity contribution < 1.29 is 14.3 Å². The Bertz CT molecular complexity index is 623. The molecule has 0 saturated heterocycles. The van der Waals surface area contributed by atoms with Crippen LogP contribution in [0.5, 0.6) is 11.5 Å². The first-order valence-electron chi connectivity index (χ1n) is 7.53. The van der Waals surface area contributed by atoms with E-state index in [1.54, 1.807) is 0 Å². The lowest BCUT2D eigenvalue weighted by Gasteiger charge is -2.26. The molecule has 0 radical (unpaired) electrons. The number of fused-ring (bicyclic) bond motifs is 2. The van der Waals surface area contributed by atoms with Crippen LogP contribution in [0.3, 0.4) is 0 Å². The van der Waals surface area contributed by atoms with Crippen LogP contribution in [0.15, 0.2) is 48.5 Å². The van der Waals surface area contributed by atoms with Gasteiger partial charge in [-0.2, -0.15) is 0 Å². The van der Waals surface area contributed by atoms with E-state index in [2.05, 4.69) is 0 Å². The molecule has 0 aliphatic carbocycles. The lowest BCUT2D eigenvalue weighted by molar-refractivity contribution is -0.144. The number of ether oxygens (including phenoxy) is 2. The molecule has 1 aliphatic rings. The molecule has 1 heterocycles. The van der Waals surface area contributed by atoms with Crippen LogP contribution in [0.4, 0.5) is 0 Å². The van der Waals surface area contributed by atoms with Crippen molar-refractivity contribution in [3.05, 3.63) is 59.7 Å². The van der Waals surface area contributed by atoms with Crippen LogP contribution >= 0.6 is 0 Å². The molecule has 2 N–H and O–H groups in total. The molecule has 22 heavy (non-hydrogen) atoms. The van der Waals surface area contributed by atoms with E-state index in [1.807, 2.05) is 48.5 Å². The normalized spacial score (nSPS) is 13.0. The number of rotatable bonds is 5. The Hall–Kier alpha value is -2.33. The maximum atomic E-state index is 12.6. The second-order valence-corrected chi connectivity index (χ2v) is 5.27. The van der Waals surface area contributed by atoms with Gasteiger partial charge in [0.25, 0.3) is 0 Å². The summed E-state index contributed by atoms with van der Waals surface area (Å²) >= 11 is 0. The largest absolute Gasteiger partial charge is 0.465 e. The van der Waals surface area contributed by atoms with Gasteiger partial charge in [0, 0.05) is 11.1 Å². The Morgan fingerprint density at radius 3 is 2.18 bits per heavy atom. The van der Waals surface area contributed by atoms with Crippen molar-refractivity contribution in [1.82, 2.24) is 0 Å². The number of benzene rings is 2. The Morgan fingerprint density at radius 1 is 1.00 bits per heavy atom. The smallest absolute Gasteiger partial charge is 0.318 e. The fraction of sp³-hybridized carbons (Fsp3) is 0.278. The second kappa shape index (κ2) is 6.62. The Labute approximate surface area is 129 Å². The van der Waals surface area contributed by atoms with Crippen molar-refractivity contribution in [2.75, 3.05) is 13.2 Å². The summed E-state index contributed by atoms with van der Waals surface area (Å²) < 4.78 is 11.3. The lowest BCUT2D eigenvalue weighted by Crippen LogP contribution is -2.21. The Morgan fingerprint density at radius 2 is 1.59 bits per heavy atom. The van der Waals surface area contributed by atoms with E-state index in [0.717, 1.165) is 24.0 Å². The molecule has 0 aromatic heterocycles. The van der Waals surface area contributed by atoms with Crippen molar-refractivity contribution in [2.45, 2.75) is 18.8 Å². The summed E-state index contributed by atoms with van der Waals surface area (Å²) in [5.74, 6) is 0.759. The highest BCUT2D eigenvalue weighted by atomic mass is 16.5. The minimum Gasteiger partial charge on any atom is -0.465 e. The first-order chi connectivity index (χ1) is 10.8. The zero-order chi connectivity index (χ0) is 15.4. The van der Waals surface area contributed by atoms with Crippen LogP contribution in [0, 0.1) is 0 Å². The van der Waals surface area contributed by atoms with E-state index in [-0.39, 0.29) is 5.97 Å². The fourth-order valence-corrected chi connectivity index (χ4v) is 2.67. The zero-order valence-corrected chi connectivity index (χ0v) is 12.3. The first kappa shape index (κ1) is 14.6. The van der Waals surface area contributed by atoms with Crippen molar-refractivity contribution >= 4 is 5.97 Å². The Kier molecular flexibility index (Phi) is 4.39. The third kappa shape index (κ3) is 2.83. The number of nitrogens with two attached hydrogens (primary N) is 1. The minimum atomic E-state index is -0.431. The van der Waals surface area contributed by atoms with E-state index in [1.165, 1.54) is 0 Å². The standard InChI is InChI=1S/C18H19NO3/c19-11-5-6-12-21-18(20)17-13-7-1-3-9-15(13)22-16-10-4-2-8-14(16)17/h1-4,7-10,17H,5-6,11-12,19H2. The van der Waals surface area contributed by atoms with E-state index in [4.69, 9.17) is 15.2 Å². The average Bonchev–Trinajstić information content (AvgIpc) is 2.56. The molecule has 0 fully saturated rings. The quantitative estimate of drug-likeness (QED) is 0.680. The molecule has 4 nitrogen and oxygen atoms in total. The molecule has 2 aromatic carbocycles. The number of carbonyl (C=O) groups excluding carboxylic acids is 1. The molecule has 0 bridgehead atoms. The van der Waals surface area contributed by atoms with Crippen molar-refractivity contribution in [3.8, 4) is 11.5 Å². The van der Waals surface area contributed by atoms with Gasteiger partial charge in [0.05, 0.1) is 6.61 Å². The summed E-state index contributed by atoms with van der Waals surface area (Å²) in [5.41, 5.74) is 7.16. The van der Waals surface area contributed by atoms with Gasteiger partial charge in [0.2, 0.25) is 0 Å². The van der Waals surface area contributed by atoms with Crippen LogP contribution < -0.4 is 10.5 Å². The predicted octanol–water partition coefficient (Wildman–Crippen LogP) is 3.21. The lowest BCUT2D eigenvalue weighted by atomic mass is 9.88. The molecule has 1 aliphatic heterocycles. The molecule has 0 spiro atoms. The molecule has 2 aromatic rings. The number of esters is 1. The number of para-hydroxylation sites is 2. The van der Waals surface area contributed by atoms with Gasteiger partial charge in [-0.25, -0.2) is 0 Å². The van der Waals surface area contributed by atoms with E-state index >= 15 is 0 Å². The summed E-state index contributed by atoms with van der Waals surface area (Å²) in [5, 5.41) is 0. The zero-order valence-electron chi connectivity index (χ0n) is 12.3. The minimum absolute atomic E-state index is 0.236. The second-order valence-electron chi connectivity index (χ2n) is 5.27. The number of carbonyl (C=O) groups is 1. The highest BCUT2D eigenvalue weighted by Gasteiger charge is 2.33. The molecule has 0 atom stereocenters. The summed E-state index contributed by atoms with van der Waals surface area (Å²) in [6, 6.07) is 15.2. The molecule has 0 saturated carbocycles. The van der Waals surface area contributed by atoms with Crippen molar-refractivity contribution in [2.24, 2.45) is 5.73 Å². The third-order valence-electron chi connectivity index (χ3n) is 3.76. The van der Waals surface area contributed by atoms with Crippen LogP contribution in [0.1, 0.15) is 29.9 Å².